The van der Waals surface area contributed by atoms with Crippen LogP contribution in [0.4, 0.5) is 17.3 Å². The predicted octanol–water partition coefficient (Wildman–Crippen LogP) is 0.844. The molecule has 15 heavy (non-hydrogen) atoms. The molecule has 2 aromatic rings. The van der Waals surface area contributed by atoms with Crippen LogP contribution >= 0.6 is 0 Å². The zero-order valence-electron chi connectivity index (χ0n) is 8.31. The first-order valence-corrected chi connectivity index (χ1v) is 4.47. The number of nitrogens with two attached hydrogens (primary N) is 1. The number of hydrogen-bond acceptors (Lipinski definition) is 5. The van der Waals surface area contributed by atoms with E-state index in [4.69, 9.17) is 5.84 Å². The number of aromatic nitrogens is 3. The lowest BCUT2D eigenvalue weighted by Crippen LogP contribution is -2.08. The van der Waals surface area contributed by atoms with Gasteiger partial charge in [-0.2, -0.15) is 5.10 Å². The van der Waals surface area contributed by atoms with Gasteiger partial charge in [0, 0.05) is 13.2 Å². The number of nitrogen functional groups attached to an aromatic ring is 1. The van der Waals surface area contributed by atoms with E-state index in [2.05, 4.69) is 20.8 Å². The van der Waals surface area contributed by atoms with Gasteiger partial charge < -0.3 is 10.7 Å². The molecule has 0 saturated carbocycles. The fraction of sp³-hybridized carbons (Fsp3) is 0.111. The summed E-state index contributed by atoms with van der Waals surface area (Å²) in [6, 6.07) is 5.50. The van der Waals surface area contributed by atoms with Gasteiger partial charge in [0.25, 0.3) is 0 Å². The minimum absolute atomic E-state index is 0.615. The lowest BCUT2D eigenvalue weighted by atomic mass is 10.4. The van der Waals surface area contributed by atoms with Gasteiger partial charge in [0.15, 0.2) is 0 Å². The van der Waals surface area contributed by atoms with Crippen molar-refractivity contribution in [3.63, 3.8) is 0 Å². The maximum absolute atomic E-state index is 5.26. The first-order valence-electron chi connectivity index (χ1n) is 4.47. The molecule has 0 aliphatic heterocycles. The average molecular weight is 204 g/mol. The van der Waals surface area contributed by atoms with Crippen LogP contribution in [0, 0.1) is 0 Å². The normalized spacial score (nSPS) is 10.0. The Labute approximate surface area is 87.1 Å². The third kappa shape index (κ3) is 2.23. The molecule has 0 bridgehead atoms. The Morgan fingerprint density at radius 1 is 1.33 bits per heavy atom. The van der Waals surface area contributed by atoms with Gasteiger partial charge in [-0.1, -0.05) is 6.07 Å². The lowest BCUT2D eigenvalue weighted by Gasteiger charge is -2.04. The van der Waals surface area contributed by atoms with Crippen LogP contribution in [-0.4, -0.2) is 14.8 Å². The maximum atomic E-state index is 5.26. The number of hydrogen-bond donors (Lipinski definition) is 3. The van der Waals surface area contributed by atoms with Crippen molar-refractivity contribution < 1.29 is 0 Å². The molecular formula is C9H12N6. The molecule has 0 radical (unpaired) electrons. The number of anilines is 3. The highest BCUT2D eigenvalue weighted by atomic mass is 15.3. The van der Waals surface area contributed by atoms with Crippen LogP contribution in [0.15, 0.2) is 30.6 Å². The van der Waals surface area contributed by atoms with Crippen molar-refractivity contribution in [2.45, 2.75) is 0 Å². The third-order valence-electron chi connectivity index (χ3n) is 1.87. The minimum Gasteiger partial charge on any atom is -0.338 e. The Morgan fingerprint density at radius 2 is 2.13 bits per heavy atom. The predicted molar refractivity (Wildman–Crippen MR) is 58.5 cm³/mol. The van der Waals surface area contributed by atoms with Crippen molar-refractivity contribution in [2.24, 2.45) is 12.9 Å². The van der Waals surface area contributed by atoms with Gasteiger partial charge in [0.2, 0.25) is 0 Å². The fourth-order valence-corrected chi connectivity index (χ4v) is 1.22. The van der Waals surface area contributed by atoms with E-state index >= 15 is 0 Å². The molecule has 0 unspecified atom stereocenters. The van der Waals surface area contributed by atoms with E-state index in [1.54, 1.807) is 16.9 Å². The lowest BCUT2D eigenvalue weighted by molar-refractivity contribution is 0.768. The number of nitrogens with one attached hydrogen (secondary N) is 2. The van der Waals surface area contributed by atoms with Crippen LogP contribution in [0.1, 0.15) is 0 Å². The third-order valence-corrected chi connectivity index (χ3v) is 1.87. The van der Waals surface area contributed by atoms with Gasteiger partial charge >= 0.3 is 0 Å². The monoisotopic (exact) mass is 204 g/mol. The summed E-state index contributed by atoms with van der Waals surface area (Å²) in [5, 5.41) is 7.15. The van der Waals surface area contributed by atoms with Crippen LogP contribution in [0.3, 0.4) is 0 Å². The summed E-state index contributed by atoms with van der Waals surface area (Å²) < 4.78 is 1.72. The van der Waals surface area contributed by atoms with Crippen molar-refractivity contribution >= 4 is 17.3 Å². The summed E-state index contributed by atoms with van der Waals surface area (Å²) in [5.41, 5.74) is 3.37. The van der Waals surface area contributed by atoms with E-state index in [9.17, 15) is 0 Å². The second kappa shape index (κ2) is 3.97. The largest absolute Gasteiger partial charge is 0.338 e. The Balaban J connectivity index is 2.16. The molecule has 6 nitrogen and oxygen atoms in total. The van der Waals surface area contributed by atoms with Crippen LogP contribution in [0.2, 0.25) is 0 Å². The molecule has 2 aromatic heterocycles. The van der Waals surface area contributed by atoms with E-state index in [-0.39, 0.29) is 0 Å². The number of rotatable bonds is 3. The molecule has 0 aliphatic carbocycles. The summed E-state index contributed by atoms with van der Waals surface area (Å²) in [7, 11) is 1.86. The SMILES string of the molecule is Cn1cc(Nc2cccc(NN)n2)cn1. The smallest absolute Gasteiger partial charge is 0.142 e. The van der Waals surface area contributed by atoms with Crippen LogP contribution in [-0.2, 0) is 7.05 Å². The highest BCUT2D eigenvalue weighted by molar-refractivity contribution is 5.56. The molecule has 0 atom stereocenters. The van der Waals surface area contributed by atoms with Crippen molar-refractivity contribution in [1.82, 2.24) is 14.8 Å². The molecule has 0 saturated heterocycles. The topological polar surface area (TPSA) is 80.8 Å². The van der Waals surface area contributed by atoms with Gasteiger partial charge in [-0.3, -0.25) is 4.68 Å². The zero-order valence-corrected chi connectivity index (χ0v) is 8.31. The molecule has 78 valence electrons. The van der Waals surface area contributed by atoms with Crippen LogP contribution in [0.5, 0.6) is 0 Å². The molecule has 0 fully saturated rings. The molecule has 2 heterocycles. The maximum Gasteiger partial charge on any atom is 0.142 e. The quantitative estimate of drug-likeness (QED) is 0.510. The Bertz CT molecular complexity index is 449. The Kier molecular flexibility index (Phi) is 2.51. The summed E-state index contributed by atoms with van der Waals surface area (Å²) in [6.45, 7) is 0. The molecule has 0 amide bonds. The number of hydrazine groups is 1. The Morgan fingerprint density at radius 3 is 2.80 bits per heavy atom. The first-order chi connectivity index (χ1) is 7.28. The Hall–Kier alpha value is -2.08. The first kappa shape index (κ1) is 9.47. The molecule has 4 N–H and O–H groups in total. The van der Waals surface area contributed by atoms with Crippen molar-refractivity contribution in [3.05, 3.63) is 30.6 Å². The van der Waals surface area contributed by atoms with Crippen LogP contribution in [0.25, 0.3) is 0 Å². The molecule has 6 heteroatoms. The second-order valence-corrected chi connectivity index (χ2v) is 3.08. The fourth-order valence-electron chi connectivity index (χ4n) is 1.22. The summed E-state index contributed by atoms with van der Waals surface area (Å²) in [4.78, 5) is 4.21. The highest BCUT2D eigenvalue weighted by Crippen LogP contribution is 2.14. The zero-order chi connectivity index (χ0) is 10.7. The number of nitrogens with zero attached hydrogens (tertiary/aromatic N) is 3. The second-order valence-electron chi connectivity index (χ2n) is 3.08. The molecule has 0 aliphatic rings. The van der Waals surface area contributed by atoms with Crippen molar-refractivity contribution in [3.8, 4) is 0 Å². The summed E-state index contributed by atoms with van der Waals surface area (Å²) in [5.74, 6) is 6.59. The van der Waals surface area contributed by atoms with Crippen LogP contribution < -0.4 is 16.6 Å². The summed E-state index contributed by atoms with van der Waals surface area (Å²) >= 11 is 0. The van der Waals surface area contributed by atoms with E-state index in [1.165, 1.54) is 0 Å². The summed E-state index contributed by atoms with van der Waals surface area (Å²) in [6.07, 6.45) is 3.59. The number of pyridine rings is 1. The van der Waals surface area contributed by atoms with E-state index in [1.807, 2.05) is 25.4 Å². The molecule has 0 aromatic carbocycles. The van der Waals surface area contributed by atoms with Crippen molar-refractivity contribution in [2.75, 3.05) is 10.7 Å². The van der Waals surface area contributed by atoms with E-state index < -0.39 is 0 Å². The van der Waals surface area contributed by atoms with Gasteiger partial charge in [-0.25, -0.2) is 10.8 Å². The van der Waals surface area contributed by atoms with E-state index in [0.29, 0.717) is 5.82 Å². The van der Waals surface area contributed by atoms with Crippen molar-refractivity contribution in [1.29, 1.82) is 0 Å². The average Bonchev–Trinajstić information content (AvgIpc) is 2.64. The number of aryl methyl sites for hydroxylation is 1. The highest BCUT2D eigenvalue weighted by Gasteiger charge is 1.98. The van der Waals surface area contributed by atoms with Gasteiger partial charge in [0.1, 0.15) is 11.6 Å². The molecular weight excluding hydrogens is 192 g/mol. The standard InChI is InChI=1S/C9H12N6/c1-15-6-7(5-11-15)12-8-3-2-4-9(13-8)14-10/h2-6H,10H2,1H3,(H2,12,13,14). The van der Waals surface area contributed by atoms with Gasteiger partial charge in [-0.15, -0.1) is 0 Å². The van der Waals surface area contributed by atoms with E-state index in [0.717, 1.165) is 11.5 Å². The molecule has 0 spiro atoms. The molecule has 2 rings (SSSR count). The van der Waals surface area contributed by atoms with Gasteiger partial charge in [0.05, 0.1) is 11.9 Å². The van der Waals surface area contributed by atoms with Gasteiger partial charge in [-0.05, 0) is 12.1 Å². The minimum atomic E-state index is 0.615.